The standard InChI is InChI=1S/C17H19NO2/c1-13(15-10-6-3-7-11-15)18-16(17(19)20)12-14-8-4-2-5-9-14/h2-11,13,16,18H,12H2,1H3,(H,19,20)/t13-,16+/m1/s1. The summed E-state index contributed by atoms with van der Waals surface area (Å²) in [5.41, 5.74) is 2.11. The molecule has 0 radical (unpaired) electrons. The van der Waals surface area contributed by atoms with Gasteiger partial charge in [-0.1, -0.05) is 60.7 Å². The van der Waals surface area contributed by atoms with Crippen molar-refractivity contribution < 1.29 is 9.90 Å². The van der Waals surface area contributed by atoms with Crippen molar-refractivity contribution in [3.63, 3.8) is 0 Å². The predicted molar refractivity (Wildman–Crippen MR) is 79.6 cm³/mol. The van der Waals surface area contributed by atoms with E-state index in [-0.39, 0.29) is 6.04 Å². The molecule has 0 bridgehead atoms. The molecule has 20 heavy (non-hydrogen) atoms. The van der Waals surface area contributed by atoms with Crippen molar-refractivity contribution >= 4 is 5.97 Å². The fraction of sp³-hybridized carbons (Fsp3) is 0.235. The number of hydrogen-bond donors (Lipinski definition) is 2. The SMILES string of the molecule is C[C@@H](N[C@@H](Cc1ccccc1)C(=O)O)c1ccccc1. The van der Waals surface area contributed by atoms with Crippen molar-refractivity contribution in [1.82, 2.24) is 5.32 Å². The molecule has 104 valence electrons. The Hall–Kier alpha value is -2.13. The van der Waals surface area contributed by atoms with Crippen LogP contribution in [0.5, 0.6) is 0 Å². The van der Waals surface area contributed by atoms with Gasteiger partial charge in [0, 0.05) is 6.04 Å². The van der Waals surface area contributed by atoms with Gasteiger partial charge in [-0.2, -0.15) is 0 Å². The van der Waals surface area contributed by atoms with Gasteiger partial charge in [0.25, 0.3) is 0 Å². The normalized spacial score (nSPS) is 13.7. The van der Waals surface area contributed by atoms with Crippen molar-refractivity contribution in [1.29, 1.82) is 0 Å². The summed E-state index contributed by atoms with van der Waals surface area (Å²) in [6.07, 6.45) is 0.480. The van der Waals surface area contributed by atoms with E-state index in [1.54, 1.807) is 0 Å². The minimum absolute atomic E-state index is 0.000937. The third-order valence-electron chi connectivity index (χ3n) is 3.33. The van der Waals surface area contributed by atoms with E-state index in [9.17, 15) is 9.90 Å². The van der Waals surface area contributed by atoms with Gasteiger partial charge in [-0.25, -0.2) is 0 Å². The molecule has 3 nitrogen and oxygen atoms in total. The van der Waals surface area contributed by atoms with E-state index < -0.39 is 12.0 Å². The maximum atomic E-state index is 11.4. The molecule has 0 aliphatic heterocycles. The molecule has 0 spiro atoms. The highest BCUT2D eigenvalue weighted by Gasteiger charge is 2.20. The van der Waals surface area contributed by atoms with E-state index in [2.05, 4.69) is 5.32 Å². The van der Waals surface area contributed by atoms with Gasteiger partial charge in [-0.15, -0.1) is 0 Å². The second-order valence-electron chi connectivity index (χ2n) is 4.88. The zero-order valence-electron chi connectivity index (χ0n) is 11.5. The summed E-state index contributed by atoms with van der Waals surface area (Å²) in [6, 6.07) is 19.0. The maximum Gasteiger partial charge on any atom is 0.321 e. The Morgan fingerprint density at radius 3 is 2.15 bits per heavy atom. The molecule has 0 aliphatic rings. The lowest BCUT2D eigenvalue weighted by atomic mass is 10.0. The highest BCUT2D eigenvalue weighted by Crippen LogP contribution is 2.13. The van der Waals surface area contributed by atoms with Crippen LogP contribution in [0.2, 0.25) is 0 Å². The van der Waals surface area contributed by atoms with Crippen LogP contribution < -0.4 is 5.32 Å². The second-order valence-corrected chi connectivity index (χ2v) is 4.88. The van der Waals surface area contributed by atoms with Crippen molar-refractivity contribution in [2.45, 2.75) is 25.4 Å². The first kappa shape index (κ1) is 14.3. The maximum absolute atomic E-state index is 11.4. The Balaban J connectivity index is 2.05. The smallest absolute Gasteiger partial charge is 0.321 e. The van der Waals surface area contributed by atoms with E-state index in [1.165, 1.54) is 0 Å². The predicted octanol–water partition coefficient (Wildman–Crippen LogP) is 3.03. The van der Waals surface area contributed by atoms with E-state index in [0.717, 1.165) is 11.1 Å². The summed E-state index contributed by atoms with van der Waals surface area (Å²) in [4.78, 5) is 11.4. The Morgan fingerprint density at radius 2 is 1.60 bits per heavy atom. The van der Waals surface area contributed by atoms with Crippen LogP contribution in [0.3, 0.4) is 0 Å². The van der Waals surface area contributed by atoms with Crippen molar-refractivity contribution in [2.24, 2.45) is 0 Å². The van der Waals surface area contributed by atoms with Crippen LogP contribution in [0.15, 0.2) is 60.7 Å². The van der Waals surface area contributed by atoms with Gasteiger partial charge >= 0.3 is 5.97 Å². The van der Waals surface area contributed by atoms with Gasteiger partial charge in [0.2, 0.25) is 0 Å². The zero-order chi connectivity index (χ0) is 14.4. The summed E-state index contributed by atoms with van der Waals surface area (Å²) in [7, 11) is 0. The van der Waals surface area contributed by atoms with Crippen LogP contribution in [-0.2, 0) is 11.2 Å². The molecule has 2 aromatic rings. The molecule has 0 aliphatic carbocycles. The Kier molecular flexibility index (Phi) is 4.91. The molecule has 0 fully saturated rings. The number of carboxylic acids is 1. The third kappa shape index (κ3) is 3.93. The Labute approximate surface area is 119 Å². The monoisotopic (exact) mass is 269 g/mol. The van der Waals surface area contributed by atoms with E-state index >= 15 is 0 Å². The molecule has 2 N–H and O–H groups in total. The molecule has 0 aromatic heterocycles. The van der Waals surface area contributed by atoms with E-state index in [1.807, 2.05) is 67.6 Å². The number of nitrogens with one attached hydrogen (secondary N) is 1. The van der Waals surface area contributed by atoms with E-state index in [4.69, 9.17) is 0 Å². The number of benzene rings is 2. The molecule has 2 rings (SSSR count). The number of aliphatic carboxylic acids is 1. The van der Waals surface area contributed by atoms with Gasteiger partial charge in [-0.05, 0) is 24.5 Å². The highest BCUT2D eigenvalue weighted by molar-refractivity contribution is 5.74. The average molecular weight is 269 g/mol. The fourth-order valence-electron chi connectivity index (χ4n) is 2.21. The van der Waals surface area contributed by atoms with Crippen LogP contribution in [0.1, 0.15) is 24.1 Å². The number of carbonyl (C=O) groups is 1. The number of hydrogen-bond acceptors (Lipinski definition) is 2. The first-order chi connectivity index (χ1) is 9.66. The fourth-order valence-corrected chi connectivity index (χ4v) is 2.21. The van der Waals surface area contributed by atoms with Crippen LogP contribution in [0.25, 0.3) is 0 Å². The quantitative estimate of drug-likeness (QED) is 0.847. The van der Waals surface area contributed by atoms with Crippen LogP contribution >= 0.6 is 0 Å². The largest absolute Gasteiger partial charge is 0.480 e. The molecule has 0 amide bonds. The highest BCUT2D eigenvalue weighted by atomic mass is 16.4. The Bertz CT molecular complexity index is 539. The minimum Gasteiger partial charge on any atom is -0.480 e. The molecule has 0 unspecified atom stereocenters. The number of rotatable bonds is 6. The molecule has 0 saturated heterocycles. The molecule has 2 atom stereocenters. The second kappa shape index (κ2) is 6.87. The first-order valence-corrected chi connectivity index (χ1v) is 6.74. The summed E-state index contributed by atoms with van der Waals surface area (Å²) in [5, 5.41) is 12.5. The van der Waals surface area contributed by atoms with E-state index in [0.29, 0.717) is 6.42 Å². The number of carboxylic acid groups (broad SMARTS) is 1. The Morgan fingerprint density at radius 1 is 1.05 bits per heavy atom. The lowest BCUT2D eigenvalue weighted by Gasteiger charge is -2.20. The third-order valence-corrected chi connectivity index (χ3v) is 3.33. The lowest BCUT2D eigenvalue weighted by Crippen LogP contribution is -2.40. The van der Waals surface area contributed by atoms with Gasteiger partial charge in [0.05, 0.1) is 0 Å². The summed E-state index contributed by atoms with van der Waals surface area (Å²) in [6.45, 7) is 1.98. The topological polar surface area (TPSA) is 49.3 Å². The van der Waals surface area contributed by atoms with Crippen molar-refractivity contribution in [3.05, 3.63) is 71.8 Å². The van der Waals surface area contributed by atoms with Gasteiger partial charge in [-0.3, -0.25) is 10.1 Å². The first-order valence-electron chi connectivity index (χ1n) is 6.74. The van der Waals surface area contributed by atoms with Crippen LogP contribution in [0, 0.1) is 0 Å². The van der Waals surface area contributed by atoms with Crippen molar-refractivity contribution in [3.8, 4) is 0 Å². The summed E-state index contributed by atoms with van der Waals surface area (Å²) < 4.78 is 0. The summed E-state index contributed by atoms with van der Waals surface area (Å²) in [5.74, 6) is -0.823. The average Bonchev–Trinajstić information content (AvgIpc) is 2.48. The van der Waals surface area contributed by atoms with Crippen LogP contribution in [-0.4, -0.2) is 17.1 Å². The molecule has 3 heteroatoms. The zero-order valence-corrected chi connectivity index (χ0v) is 11.5. The van der Waals surface area contributed by atoms with Gasteiger partial charge in [0.1, 0.15) is 6.04 Å². The lowest BCUT2D eigenvalue weighted by molar-refractivity contribution is -0.139. The van der Waals surface area contributed by atoms with Crippen LogP contribution in [0.4, 0.5) is 0 Å². The van der Waals surface area contributed by atoms with Crippen molar-refractivity contribution in [2.75, 3.05) is 0 Å². The van der Waals surface area contributed by atoms with Gasteiger partial charge < -0.3 is 5.11 Å². The van der Waals surface area contributed by atoms with Gasteiger partial charge in [0.15, 0.2) is 0 Å². The molecular weight excluding hydrogens is 250 g/mol. The molecule has 2 aromatic carbocycles. The molecule has 0 saturated carbocycles. The summed E-state index contributed by atoms with van der Waals surface area (Å²) >= 11 is 0. The minimum atomic E-state index is -0.823. The molecule has 0 heterocycles. The molecular formula is C17H19NO2.